The lowest BCUT2D eigenvalue weighted by Gasteiger charge is -2.35. The predicted molar refractivity (Wildman–Crippen MR) is 114 cm³/mol. The van der Waals surface area contributed by atoms with Crippen LogP contribution in [0.2, 0.25) is 5.02 Å². The van der Waals surface area contributed by atoms with E-state index in [0.29, 0.717) is 50.0 Å². The molecule has 0 aliphatic carbocycles. The van der Waals surface area contributed by atoms with E-state index >= 15 is 0 Å². The number of rotatable bonds is 6. The fourth-order valence-electron chi connectivity index (χ4n) is 2.94. The molecule has 1 aliphatic heterocycles. The molecular weight excluding hydrogens is 412 g/mol. The Labute approximate surface area is 179 Å². The van der Waals surface area contributed by atoms with Crippen LogP contribution in [0, 0.1) is 0 Å². The van der Waals surface area contributed by atoms with Crippen LogP contribution in [0.15, 0.2) is 28.9 Å². The summed E-state index contributed by atoms with van der Waals surface area (Å²) in [5, 5.41) is 3.11. The second kappa shape index (κ2) is 9.68. The predicted octanol–water partition coefficient (Wildman–Crippen LogP) is 1.98. The van der Waals surface area contributed by atoms with Crippen LogP contribution in [-0.4, -0.2) is 80.2 Å². The van der Waals surface area contributed by atoms with Gasteiger partial charge in [0.1, 0.15) is 12.9 Å². The van der Waals surface area contributed by atoms with Gasteiger partial charge in [0.05, 0.1) is 10.7 Å². The van der Waals surface area contributed by atoms with E-state index in [2.05, 4.69) is 15.2 Å². The molecule has 1 aromatic heterocycles. The summed E-state index contributed by atoms with van der Waals surface area (Å²) < 4.78 is 10.2. The third kappa shape index (κ3) is 5.55. The molecule has 0 radical (unpaired) electrons. The van der Waals surface area contributed by atoms with Crippen LogP contribution in [0.25, 0.3) is 0 Å². The van der Waals surface area contributed by atoms with Crippen molar-refractivity contribution in [3.63, 3.8) is 0 Å². The standard InChI is InChI=1S/C19H25ClN6O4/c1-24(2)9-10-29-19(28)26-7-5-25(6-8-26)13-3-4-14(20)15(11-13)22-17(27)16-12-30-18(21)23-16/h3-4,11-12H,5-10H2,1-2H3,(H2,21,23)(H,22,27). The number of ether oxygens (including phenoxy) is 1. The summed E-state index contributed by atoms with van der Waals surface area (Å²) in [5.74, 6) is -0.472. The van der Waals surface area contributed by atoms with E-state index in [1.165, 1.54) is 6.26 Å². The summed E-state index contributed by atoms with van der Waals surface area (Å²) in [6.07, 6.45) is 0.881. The van der Waals surface area contributed by atoms with E-state index in [4.69, 9.17) is 26.5 Å². The molecule has 1 aromatic carbocycles. The smallest absolute Gasteiger partial charge is 0.409 e. The number of carbonyl (C=O) groups excluding carboxylic acids is 2. The average molecular weight is 437 g/mol. The topological polar surface area (TPSA) is 117 Å². The van der Waals surface area contributed by atoms with Gasteiger partial charge in [-0.3, -0.25) is 4.79 Å². The van der Waals surface area contributed by atoms with Gasteiger partial charge >= 0.3 is 6.09 Å². The monoisotopic (exact) mass is 436 g/mol. The van der Waals surface area contributed by atoms with Crippen LogP contribution in [-0.2, 0) is 4.74 Å². The third-order valence-electron chi connectivity index (χ3n) is 4.62. The number of nitrogen functional groups attached to an aromatic ring is 1. The molecule has 1 fully saturated rings. The van der Waals surface area contributed by atoms with Gasteiger partial charge in [0.25, 0.3) is 11.9 Å². The number of oxazole rings is 1. The van der Waals surface area contributed by atoms with E-state index in [1.54, 1.807) is 17.0 Å². The molecule has 1 saturated heterocycles. The van der Waals surface area contributed by atoms with Crippen molar-refractivity contribution in [2.75, 3.05) is 69.4 Å². The molecule has 3 rings (SSSR count). The minimum atomic E-state index is -0.472. The van der Waals surface area contributed by atoms with Crippen molar-refractivity contribution in [2.45, 2.75) is 0 Å². The average Bonchev–Trinajstić information content (AvgIpc) is 3.16. The maximum Gasteiger partial charge on any atom is 0.409 e. The number of anilines is 3. The lowest BCUT2D eigenvalue weighted by Crippen LogP contribution is -2.49. The molecule has 2 amide bonds. The first-order valence-corrected chi connectivity index (χ1v) is 9.84. The van der Waals surface area contributed by atoms with Gasteiger partial charge in [-0.1, -0.05) is 11.6 Å². The lowest BCUT2D eigenvalue weighted by molar-refractivity contribution is 0.0940. The zero-order valence-electron chi connectivity index (χ0n) is 16.9. The molecule has 2 aromatic rings. The number of nitrogens with two attached hydrogens (primary N) is 1. The zero-order valence-corrected chi connectivity index (χ0v) is 17.7. The molecule has 10 nitrogen and oxygen atoms in total. The summed E-state index contributed by atoms with van der Waals surface area (Å²) in [7, 11) is 3.85. The number of hydrogen-bond acceptors (Lipinski definition) is 8. The minimum absolute atomic E-state index is 0.0652. The first-order valence-electron chi connectivity index (χ1n) is 9.47. The van der Waals surface area contributed by atoms with Gasteiger partial charge in [-0.15, -0.1) is 0 Å². The van der Waals surface area contributed by atoms with Crippen LogP contribution in [0.5, 0.6) is 0 Å². The fourth-order valence-corrected chi connectivity index (χ4v) is 3.10. The molecule has 0 unspecified atom stereocenters. The number of benzene rings is 1. The molecule has 0 bridgehead atoms. The summed E-state index contributed by atoms with van der Waals surface area (Å²) in [6, 6.07) is 5.29. The van der Waals surface area contributed by atoms with Gasteiger partial charge in [-0.05, 0) is 32.3 Å². The van der Waals surface area contributed by atoms with Crippen molar-refractivity contribution < 1.29 is 18.7 Å². The molecule has 3 N–H and O–H groups in total. The number of hydrogen-bond donors (Lipinski definition) is 2. The fraction of sp³-hybridized carbons (Fsp3) is 0.421. The summed E-state index contributed by atoms with van der Waals surface area (Å²) in [4.78, 5) is 34.0. The van der Waals surface area contributed by atoms with Crippen LogP contribution in [0.1, 0.15) is 10.5 Å². The quantitative estimate of drug-likeness (QED) is 0.705. The van der Waals surface area contributed by atoms with Gasteiger partial charge in [-0.2, -0.15) is 4.98 Å². The maximum atomic E-state index is 12.3. The summed E-state index contributed by atoms with van der Waals surface area (Å²) in [6.45, 7) is 3.41. The Bertz CT molecular complexity index is 895. The summed E-state index contributed by atoms with van der Waals surface area (Å²) >= 11 is 6.23. The van der Waals surface area contributed by atoms with Crippen molar-refractivity contribution in [1.82, 2.24) is 14.8 Å². The Hall–Kier alpha value is -2.98. The van der Waals surface area contributed by atoms with Crippen molar-refractivity contribution in [3.8, 4) is 0 Å². The SMILES string of the molecule is CN(C)CCOC(=O)N1CCN(c2ccc(Cl)c(NC(=O)c3coc(N)n3)c2)CC1. The zero-order chi connectivity index (χ0) is 21.7. The molecule has 30 heavy (non-hydrogen) atoms. The number of nitrogens with one attached hydrogen (secondary N) is 1. The van der Waals surface area contributed by atoms with Gasteiger partial charge in [0, 0.05) is 38.4 Å². The second-order valence-electron chi connectivity index (χ2n) is 7.08. The van der Waals surface area contributed by atoms with Gasteiger partial charge in [0.2, 0.25) is 0 Å². The van der Waals surface area contributed by atoms with Crippen LogP contribution in [0.4, 0.5) is 22.2 Å². The number of halogens is 1. The number of aromatic nitrogens is 1. The molecule has 2 heterocycles. The molecule has 11 heteroatoms. The largest absolute Gasteiger partial charge is 0.448 e. The minimum Gasteiger partial charge on any atom is -0.448 e. The number of carbonyl (C=O) groups is 2. The molecule has 1 aliphatic rings. The Morgan fingerprint density at radius 2 is 2.03 bits per heavy atom. The van der Waals surface area contributed by atoms with Crippen molar-refractivity contribution in [2.24, 2.45) is 0 Å². The lowest BCUT2D eigenvalue weighted by atomic mass is 10.2. The summed E-state index contributed by atoms with van der Waals surface area (Å²) in [5.41, 5.74) is 6.80. The van der Waals surface area contributed by atoms with Crippen LogP contribution < -0.4 is 16.0 Å². The van der Waals surface area contributed by atoms with E-state index in [9.17, 15) is 9.59 Å². The van der Waals surface area contributed by atoms with E-state index in [-0.39, 0.29) is 17.8 Å². The van der Waals surface area contributed by atoms with E-state index in [0.717, 1.165) is 5.69 Å². The normalized spacial score (nSPS) is 14.1. The van der Waals surface area contributed by atoms with Crippen LogP contribution in [0.3, 0.4) is 0 Å². The third-order valence-corrected chi connectivity index (χ3v) is 4.95. The highest BCUT2D eigenvalue weighted by Gasteiger charge is 2.23. The van der Waals surface area contributed by atoms with Crippen molar-refractivity contribution in [1.29, 1.82) is 0 Å². The second-order valence-corrected chi connectivity index (χ2v) is 7.49. The molecule has 0 saturated carbocycles. The Balaban J connectivity index is 1.57. The van der Waals surface area contributed by atoms with Gasteiger partial charge in [0.15, 0.2) is 5.69 Å². The van der Waals surface area contributed by atoms with E-state index in [1.807, 2.05) is 25.1 Å². The number of nitrogens with zero attached hydrogens (tertiary/aromatic N) is 4. The number of amides is 2. The highest BCUT2D eigenvalue weighted by Crippen LogP contribution is 2.29. The Kier molecular flexibility index (Phi) is 7.01. The highest BCUT2D eigenvalue weighted by atomic mass is 35.5. The first kappa shape index (κ1) is 21.7. The molecular formula is C19H25ClN6O4. The first-order chi connectivity index (χ1) is 14.3. The van der Waals surface area contributed by atoms with Crippen molar-refractivity contribution in [3.05, 3.63) is 35.2 Å². The Morgan fingerprint density at radius 3 is 2.67 bits per heavy atom. The maximum absolute atomic E-state index is 12.3. The van der Waals surface area contributed by atoms with Gasteiger partial charge in [-0.25, -0.2) is 4.79 Å². The van der Waals surface area contributed by atoms with Crippen molar-refractivity contribution >= 4 is 41.0 Å². The highest BCUT2D eigenvalue weighted by molar-refractivity contribution is 6.34. The number of likely N-dealkylation sites (N-methyl/N-ethyl adjacent to an activating group) is 1. The van der Waals surface area contributed by atoms with E-state index < -0.39 is 5.91 Å². The molecule has 162 valence electrons. The van der Waals surface area contributed by atoms with Gasteiger partial charge < -0.3 is 34.9 Å². The van der Waals surface area contributed by atoms with Crippen LogP contribution >= 0.6 is 11.6 Å². The number of piperazine rings is 1. The Morgan fingerprint density at radius 1 is 1.30 bits per heavy atom. The molecule has 0 atom stereocenters. The molecule has 0 spiro atoms.